The van der Waals surface area contributed by atoms with Crippen LogP contribution in [-0.2, 0) is 4.79 Å². The second-order valence-electron chi connectivity index (χ2n) is 6.18. The minimum Gasteiger partial charge on any atom is -0.394 e. The lowest BCUT2D eigenvalue weighted by atomic mass is 9.84. The van der Waals surface area contributed by atoms with Crippen molar-refractivity contribution in [2.24, 2.45) is 11.8 Å². The van der Waals surface area contributed by atoms with Crippen LogP contribution in [0, 0.1) is 11.8 Å². The van der Waals surface area contributed by atoms with E-state index in [-0.39, 0.29) is 18.6 Å². The van der Waals surface area contributed by atoms with E-state index in [9.17, 15) is 9.90 Å². The molecule has 1 aliphatic rings. The summed E-state index contributed by atoms with van der Waals surface area (Å²) >= 11 is 0. The maximum absolute atomic E-state index is 12.2. The highest BCUT2D eigenvalue weighted by Gasteiger charge is 2.29. The van der Waals surface area contributed by atoms with Gasteiger partial charge in [0.15, 0.2) is 0 Å². The number of carbonyl (C=O) groups is 1. The van der Waals surface area contributed by atoms with Gasteiger partial charge in [-0.1, -0.05) is 20.3 Å². The highest BCUT2D eigenvalue weighted by atomic mass is 16.3. The Morgan fingerprint density at radius 1 is 1.45 bits per heavy atom. The topological polar surface area (TPSA) is 81.6 Å². The molecule has 0 radical (unpaired) electrons. The van der Waals surface area contributed by atoms with E-state index in [0.717, 1.165) is 19.4 Å². The van der Waals surface area contributed by atoms with Gasteiger partial charge in [0.2, 0.25) is 5.91 Å². The van der Waals surface area contributed by atoms with Gasteiger partial charge < -0.3 is 20.8 Å². The first-order chi connectivity index (χ1) is 9.47. The smallest absolute Gasteiger partial charge is 0.237 e. The van der Waals surface area contributed by atoms with Gasteiger partial charge in [-0.05, 0) is 44.6 Å². The Labute approximate surface area is 122 Å². The van der Waals surface area contributed by atoms with Crippen molar-refractivity contribution >= 4 is 5.91 Å². The zero-order valence-corrected chi connectivity index (χ0v) is 12.9. The number of carbonyl (C=O) groups excluding carboxylic acids is 1. The summed E-state index contributed by atoms with van der Waals surface area (Å²) in [6.45, 7) is 6.64. The summed E-state index contributed by atoms with van der Waals surface area (Å²) in [7, 11) is 0. The molecule has 0 aliphatic carbocycles. The molecular weight excluding hydrogens is 256 g/mol. The number of aliphatic hydroxyl groups is 2. The van der Waals surface area contributed by atoms with E-state index in [2.05, 4.69) is 24.5 Å². The summed E-state index contributed by atoms with van der Waals surface area (Å²) < 4.78 is 0. The maximum Gasteiger partial charge on any atom is 0.237 e. The van der Waals surface area contributed by atoms with E-state index in [1.54, 1.807) is 6.92 Å². The quantitative estimate of drug-likeness (QED) is 0.554. The molecule has 0 saturated carbocycles. The molecule has 5 atom stereocenters. The molecule has 0 aromatic rings. The highest BCUT2D eigenvalue weighted by molar-refractivity contribution is 5.82. The van der Waals surface area contributed by atoms with Crippen LogP contribution in [0.4, 0.5) is 0 Å². The Bertz CT molecular complexity index is 297. The van der Waals surface area contributed by atoms with E-state index in [1.807, 2.05) is 0 Å². The van der Waals surface area contributed by atoms with Crippen molar-refractivity contribution in [3.63, 3.8) is 0 Å². The van der Waals surface area contributed by atoms with Gasteiger partial charge in [0.25, 0.3) is 0 Å². The highest BCUT2D eigenvalue weighted by Crippen LogP contribution is 2.25. The Hall–Kier alpha value is -0.650. The molecule has 1 rings (SSSR count). The molecular formula is C15H30N2O3. The van der Waals surface area contributed by atoms with Gasteiger partial charge in [-0.25, -0.2) is 0 Å². The first kappa shape index (κ1) is 17.4. The number of nitrogens with one attached hydrogen (secondary N) is 2. The van der Waals surface area contributed by atoms with Crippen molar-refractivity contribution < 1.29 is 15.0 Å². The first-order valence-corrected chi connectivity index (χ1v) is 7.80. The van der Waals surface area contributed by atoms with Crippen LogP contribution >= 0.6 is 0 Å². The zero-order valence-electron chi connectivity index (χ0n) is 12.9. The molecule has 0 aromatic heterocycles. The van der Waals surface area contributed by atoms with Gasteiger partial charge in [0, 0.05) is 0 Å². The van der Waals surface area contributed by atoms with Crippen LogP contribution in [0.15, 0.2) is 0 Å². The Kier molecular flexibility index (Phi) is 7.48. The molecule has 4 N–H and O–H groups in total. The second-order valence-corrected chi connectivity index (χ2v) is 6.18. The van der Waals surface area contributed by atoms with Crippen molar-refractivity contribution in [2.75, 3.05) is 13.2 Å². The van der Waals surface area contributed by atoms with Gasteiger partial charge in [0.1, 0.15) is 0 Å². The van der Waals surface area contributed by atoms with E-state index in [1.165, 1.54) is 12.8 Å². The number of aliphatic hydroxyl groups excluding tert-OH is 2. The van der Waals surface area contributed by atoms with Gasteiger partial charge in [-0.15, -0.1) is 0 Å². The molecule has 1 heterocycles. The van der Waals surface area contributed by atoms with Gasteiger partial charge in [-0.3, -0.25) is 4.79 Å². The first-order valence-electron chi connectivity index (χ1n) is 7.80. The number of hydrogen-bond acceptors (Lipinski definition) is 4. The molecule has 0 bridgehead atoms. The minimum absolute atomic E-state index is 0.112. The van der Waals surface area contributed by atoms with Crippen molar-refractivity contribution in [2.45, 2.75) is 64.6 Å². The van der Waals surface area contributed by atoms with Crippen LogP contribution in [0.3, 0.4) is 0 Å². The monoisotopic (exact) mass is 286 g/mol. The Morgan fingerprint density at radius 3 is 2.70 bits per heavy atom. The SMILES string of the molecule is CCC(C)CC1CCNC(C(=O)NC(CO)C(C)O)C1. The summed E-state index contributed by atoms with van der Waals surface area (Å²) in [6.07, 6.45) is 3.56. The van der Waals surface area contributed by atoms with Crippen LogP contribution in [0.2, 0.25) is 0 Å². The van der Waals surface area contributed by atoms with Gasteiger partial charge >= 0.3 is 0 Å². The summed E-state index contributed by atoms with van der Waals surface area (Å²) in [6, 6.07) is -0.787. The third-order valence-corrected chi connectivity index (χ3v) is 4.37. The zero-order chi connectivity index (χ0) is 15.1. The molecule has 5 unspecified atom stereocenters. The van der Waals surface area contributed by atoms with Crippen LogP contribution in [0.1, 0.15) is 46.5 Å². The van der Waals surface area contributed by atoms with Crippen LogP contribution in [0.25, 0.3) is 0 Å². The molecule has 1 fully saturated rings. The molecule has 20 heavy (non-hydrogen) atoms. The van der Waals surface area contributed by atoms with Crippen molar-refractivity contribution in [1.29, 1.82) is 0 Å². The van der Waals surface area contributed by atoms with Crippen molar-refractivity contribution in [1.82, 2.24) is 10.6 Å². The summed E-state index contributed by atoms with van der Waals surface area (Å²) in [4.78, 5) is 12.2. The lowest BCUT2D eigenvalue weighted by molar-refractivity contribution is -0.126. The van der Waals surface area contributed by atoms with E-state index >= 15 is 0 Å². The standard InChI is InChI=1S/C15H30N2O3/c1-4-10(2)7-12-5-6-16-13(8-12)15(20)17-14(9-18)11(3)19/h10-14,16,18-19H,4-9H2,1-3H3,(H,17,20). The maximum atomic E-state index is 12.2. The fourth-order valence-corrected chi connectivity index (χ4v) is 2.75. The normalized spacial score (nSPS) is 27.6. The van der Waals surface area contributed by atoms with Gasteiger partial charge in [-0.2, -0.15) is 0 Å². The number of piperidine rings is 1. The van der Waals surface area contributed by atoms with E-state index in [0.29, 0.717) is 11.8 Å². The molecule has 1 amide bonds. The van der Waals surface area contributed by atoms with Crippen molar-refractivity contribution in [3.8, 4) is 0 Å². The predicted molar refractivity (Wildman–Crippen MR) is 79.3 cm³/mol. The van der Waals surface area contributed by atoms with Gasteiger partial charge in [0.05, 0.1) is 24.8 Å². The number of rotatable bonds is 7. The van der Waals surface area contributed by atoms with Crippen LogP contribution in [0.5, 0.6) is 0 Å². The predicted octanol–water partition coefficient (Wildman–Crippen LogP) is 0.649. The van der Waals surface area contributed by atoms with E-state index < -0.39 is 12.1 Å². The number of hydrogen-bond donors (Lipinski definition) is 4. The summed E-state index contributed by atoms with van der Waals surface area (Å²) in [5.74, 6) is 1.17. The van der Waals surface area contributed by atoms with Crippen molar-refractivity contribution in [3.05, 3.63) is 0 Å². The fraction of sp³-hybridized carbons (Fsp3) is 0.933. The lowest BCUT2D eigenvalue weighted by Crippen LogP contribution is -2.54. The fourth-order valence-electron chi connectivity index (χ4n) is 2.75. The molecule has 118 valence electrons. The van der Waals surface area contributed by atoms with Crippen LogP contribution < -0.4 is 10.6 Å². The molecule has 5 heteroatoms. The lowest BCUT2D eigenvalue weighted by Gasteiger charge is -2.32. The van der Waals surface area contributed by atoms with Crippen LogP contribution in [-0.4, -0.2) is 47.5 Å². The third-order valence-electron chi connectivity index (χ3n) is 4.37. The molecule has 0 aromatic carbocycles. The average Bonchev–Trinajstić information content (AvgIpc) is 2.44. The summed E-state index contributed by atoms with van der Waals surface area (Å²) in [5, 5.41) is 24.6. The molecule has 1 aliphatic heterocycles. The number of amides is 1. The molecule has 5 nitrogen and oxygen atoms in total. The third kappa shape index (κ3) is 5.38. The second kappa shape index (κ2) is 8.60. The Balaban J connectivity index is 2.47. The largest absolute Gasteiger partial charge is 0.394 e. The molecule has 1 saturated heterocycles. The summed E-state index contributed by atoms with van der Waals surface area (Å²) in [5.41, 5.74) is 0. The van der Waals surface area contributed by atoms with E-state index in [4.69, 9.17) is 5.11 Å². The minimum atomic E-state index is -0.747. The molecule has 0 spiro atoms. The average molecular weight is 286 g/mol. The Morgan fingerprint density at radius 2 is 2.15 bits per heavy atom.